The summed E-state index contributed by atoms with van der Waals surface area (Å²) in [6, 6.07) is 5.46. The van der Waals surface area contributed by atoms with Crippen LogP contribution in [0.5, 0.6) is 0 Å². The average Bonchev–Trinajstić information content (AvgIpc) is 2.64. The van der Waals surface area contributed by atoms with Gasteiger partial charge in [0.25, 0.3) is 0 Å². The molecule has 0 saturated carbocycles. The molecule has 2 aliphatic rings. The summed E-state index contributed by atoms with van der Waals surface area (Å²) in [5.41, 5.74) is 0.156. The molecule has 2 nitrogen and oxygen atoms in total. The van der Waals surface area contributed by atoms with Crippen molar-refractivity contribution in [3.05, 3.63) is 35.4 Å². The molecule has 0 amide bonds. The largest absolute Gasteiger partial charge is 0.312 e. The van der Waals surface area contributed by atoms with Crippen molar-refractivity contribution in [2.45, 2.75) is 44.3 Å². The third-order valence-corrected chi connectivity index (χ3v) is 4.99. The first kappa shape index (κ1) is 14.0. The van der Waals surface area contributed by atoms with E-state index in [1.54, 1.807) is 0 Å². The van der Waals surface area contributed by atoms with Crippen molar-refractivity contribution in [3.63, 3.8) is 0 Å². The number of rotatable bonds is 4. The van der Waals surface area contributed by atoms with E-state index in [0.717, 1.165) is 6.54 Å². The molecule has 2 bridgehead atoms. The maximum absolute atomic E-state index is 13.5. The van der Waals surface area contributed by atoms with Crippen molar-refractivity contribution >= 4 is 0 Å². The lowest BCUT2D eigenvalue weighted by Gasteiger charge is -2.36. The zero-order chi connectivity index (χ0) is 14.1. The van der Waals surface area contributed by atoms with Gasteiger partial charge in [0.2, 0.25) is 0 Å². The van der Waals surface area contributed by atoms with E-state index < -0.39 is 11.6 Å². The van der Waals surface area contributed by atoms with Crippen LogP contribution in [0.4, 0.5) is 8.78 Å². The van der Waals surface area contributed by atoms with Gasteiger partial charge in [-0.15, -0.1) is 0 Å². The zero-order valence-corrected chi connectivity index (χ0v) is 11.9. The molecular weight excluding hydrogens is 258 g/mol. The Morgan fingerprint density at radius 2 is 1.75 bits per heavy atom. The molecule has 2 heterocycles. The second-order valence-corrected chi connectivity index (χ2v) is 6.22. The van der Waals surface area contributed by atoms with E-state index in [1.807, 2.05) is 0 Å². The smallest absolute Gasteiger partial charge is 0.130 e. The Bertz CT molecular complexity index is 443. The van der Waals surface area contributed by atoms with Crippen molar-refractivity contribution in [2.24, 2.45) is 5.92 Å². The van der Waals surface area contributed by atoms with Crippen LogP contribution < -0.4 is 5.32 Å². The molecule has 4 heteroatoms. The van der Waals surface area contributed by atoms with Crippen LogP contribution in [-0.2, 0) is 6.54 Å². The number of fused-ring (bicyclic) bond motifs is 2. The Morgan fingerprint density at radius 1 is 1.15 bits per heavy atom. The summed E-state index contributed by atoms with van der Waals surface area (Å²) in [5.74, 6) is -0.277. The van der Waals surface area contributed by atoms with E-state index in [1.165, 1.54) is 43.9 Å². The van der Waals surface area contributed by atoms with Crippen LogP contribution in [0.25, 0.3) is 0 Å². The molecule has 2 unspecified atom stereocenters. The van der Waals surface area contributed by atoms with Gasteiger partial charge < -0.3 is 10.2 Å². The van der Waals surface area contributed by atoms with Gasteiger partial charge in [0.1, 0.15) is 11.6 Å². The molecule has 2 fully saturated rings. The predicted molar refractivity (Wildman–Crippen MR) is 75.4 cm³/mol. The van der Waals surface area contributed by atoms with Crippen molar-refractivity contribution in [1.29, 1.82) is 0 Å². The fourth-order valence-electron chi connectivity index (χ4n) is 3.79. The van der Waals surface area contributed by atoms with E-state index in [-0.39, 0.29) is 12.1 Å². The summed E-state index contributed by atoms with van der Waals surface area (Å²) in [7, 11) is 2.22. The molecule has 3 rings (SSSR count). The molecule has 1 N–H and O–H groups in total. The number of benzene rings is 1. The highest BCUT2D eigenvalue weighted by molar-refractivity contribution is 5.19. The van der Waals surface area contributed by atoms with Gasteiger partial charge in [0.05, 0.1) is 0 Å². The van der Waals surface area contributed by atoms with Gasteiger partial charge in [-0.2, -0.15) is 0 Å². The van der Waals surface area contributed by atoms with E-state index in [2.05, 4.69) is 17.3 Å². The van der Waals surface area contributed by atoms with E-state index in [9.17, 15) is 8.78 Å². The highest BCUT2D eigenvalue weighted by Crippen LogP contribution is 2.37. The van der Waals surface area contributed by atoms with Gasteiger partial charge in [-0.05, 0) is 57.3 Å². The number of halogens is 2. The molecule has 0 aliphatic carbocycles. The van der Waals surface area contributed by atoms with Gasteiger partial charge in [0, 0.05) is 24.2 Å². The van der Waals surface area contributed by atoms with Crippen LogP contribution in [0.3, 0.4) is 0 Å². The second kappa shape index (κ2) is 5.78. The summed E-state index contributed by atoms with van der Waals surface area (Å²) in [4.78, 5) is 2.51. The molecule has 1 aromatic rings. The molecule has 2 atom stereocenters. The topological polar surface area (TPSA) is 15.3 Å². The number of nitrogens with zero attached hydrogens (tertiary/aromatic N) is 1. The first-order valence-corrected chi connectivity index (χ1v) is 7.50. The van der Waals surface area contributed by atoms with Gasteiger partial charge in [0.15, 0.2) is 0 Å². The van der Waals surface area contributed by atoms with Crippen LogP contribution in [0.1, 0.15) is 31.2 Å². The summed E-state index contributed by atoms with van der Waals surface area (Å²) in [6.07, 6.45) is 5.03. The molecule has 0 aromatic heterocycles. The predicted octanol–water partition coefficient (Wildman–Crippen LogP) is 2.93. The standard InChI is InChI=1S/C16H22F2N2/c1-20-12-5-6-13(20)8-11(7-12)9-19-10-14-15(17)3-2-4-16(14)18/h2-4,11-13,19H,5-10H2,1H3. The number of hydrogen-bond acceptors (Lipinski definition) is 2. The first-order chi connectivity index (χ1) is 9.65. The van der Waals surface area contributed by atoms with Gasteiger partial charge in [-0.1, -0.05) is 6.07 Å². The van der Waals surface area contributed by atoms with Crippen LogP contribution in [0, 0.1) is 17.6 Å². The normalized spacial score (nSPS) is 29.9. The summed E-state index contributed by atoms with van der Waals surface area (Å²) < 4.78 is 27.0. The van der Waals surface area contributed by atoms with Crippen LogP contribution in [0.2, 0.25) is 0 Å². The van der Waals surface area contributed by atoms with Crippen molar-refractivity contribution < 1.29 is 8.78 Å². The quantitative estimate of drug-likeness (QED) is 0.912. The summed E-state index contributed by atoms with van der Waals surface area (Å²) in [6.45, 7) is 1.13. The van der Waals surface area contributed by atoms with Crippen molar-refractivity contribution in [3.8, 4) is 0 Å². The molecule has 0 spiro atoms. The Kier molecular flexibility index (Phi) is 4.03. The molecule has 1 aromatic carbocycles. The monoisotopic (exact) mass is 280 g/mol. The fourth-order valence-corrected chi connectivity index (χ4v) is 3.79. The molecule has 0 radical (unpaired) electrons. The lowest BCUT2D eigenvalue weighted by molar-refractivity contribution is 0.132. The summed E-state index contributed by atoms with van der Waals surface area (Å²) >= 11 is 0. The fraction of sp³-hybridized carbons (Fsp3) is 0.625. The minimum Gasteiger partial charge on any atom is -0.312 e. The van der Waals surface area contributed by atoms with Crippen LogP contribution in [0.15, 0.2) is 18.2 Å². The summed E-state index contributed by atoms with van der Waals surface area (Å²) in [5, 5.41) is 3.24. The van der Waals surface area contributed by atoms with Crippen molar-refractivity contribution in [2.75, 3.05) is 13.6 Å². The van der Waals surface area contributed by atoms with E-state index in [0.29, 0.717) is 18.0 Å². The Labute approximate surface area is 119 Å². The minimum atomic E-state index is -0.457. The molecule has 20 heavy (non-hydrogen) atoms. The molecule has 2 aliphatic heterocycles. The van der Waals surface area contributed by atoms with Crippen LogP contribution >= 0.6 is 0 Å². The first-order valence-electron chi connectivity index (χ1n) is 7.50. The lowest BCUT2D eigenvalue weighted by Crippen LogP contribution is -2.42. The van der Waals surface area contributed by atoms with Gasteiger partial charge >= 0.3 is 0 Å². The Balaban J connectivity index is 1.51. The number of piperidine rings is 1. The zero-order valence-electron chi connectivity index (χ0n) is 11.9. The van der Waals surface area contributed by atoms with E-state index in [4.69, 9.17) is 0 Å². The lowest BCUT2D eigenvalue weighted by atomic mass is 9.91. The molecule has 110 valence electrons. The number of nitrogens with one attached hydrogen (secondary N) is 1. The Morgan fingerprint density at radius 3 is 2.35 bits per heavy atom. The highest BCUT2D eigenvalue weighted by Gasteiger charge is 2.37. The third kappa shape index (κ3) is 2.72. The third-order valence-electron chi connectivity index (χ3n) is 4.99. The molecular formula is C16H22F2N2. The van der Waals surface area contributed by atoms with Crippen molar-refractivity contribution in [1.82, 2.24) is 10.2 Å². The average molecular weight is 280 g/mol. The molecule has 2 saturated heterocycles. The second-order valence-electron chi connectivity index (χ2n) is 6.22. The Hall–Kier alpha value is -1.00. The maximum Gasteiger partial charge on any atom is 0.130 e. The number of hydrogen-bond donors (Lipinski definition) is 1. The van der Waals surface area contributed by atoms with Gasteiger partial charge in [-0.3, -0.25) is 0 Å². The highest BCUT2D eigenvalue weighted by atomic mass is 19.1. The van der Waals surface area contributed by atoms with E-state index >= 15 is 0 Å². The minimum absolute atomic E-state index is 0.156. The van der Waals surface area contributed by atoms with Crippen LogP contribution in [-0.4, -0.2) is 30.6 Å². The SMILES string of the molecule is CN1C2CCC1CC(CNCc1c(F)cccc1F)C2. The maximum atomic E-state index is 13.5. The van der Waals surface area contributed by atoms with Gasteiger partial charge in [-0.25, -0.2) is 8.78 Å².